The lowest BCUT2D eigenvalue weighted by Crippen LogP contribution is -2.32. The lowest BCUT2D eigenvalue weighted by molar-refractivity contribution is 0.0951. The van der Waals surface area contributed by atoms with Crippen LogP contribution in [-0.2, 0) is 6.54 Å². The predicted molar refractivity (Wildman–Crippen MR) is 114 cm³/mol. The Morgan fingerprint density at radius 2 is 2.21 bits per heavy atom. The Balaban J connectivity index is 1.57. The van der Waals surface area contributed by atoms with Crippen LogP contribution in [-0.4, -0.2) is 29.3 Å². The molecular weight excluding hydrogens is 384 g/mol. The van der Waals surface area contributed by atoms with Gasteiger partial charge in [-0.1, -0.05) is 12.0 Å². The summed E-state index contributed by atoms with van der Waals surface area (Å²) in [5.74, 6) is 12.2. The quantitative estimate of drug-likeness (QED) is 0.539. The van der Waals surface area contributed by atoms with Gasteiger partial charge in [-0.2, -0.15) is 11.3 Å². The molecule has 0 saturated carbocycles. The van der Waals surface area contributed by atoms with Crippen molar-refractivity contribution < 1.29 is 4.79 Å². The van der Waals surface area contributed by atoms with Gasteiger partial charge in [-0.05, 0) is 52.9 Å². The second-order valence-electron chi connectivity index (χ2n) is 6.67. The summed E-state index contributed by atoms with van der Waals surface area (Å²) in [5.41, 5.74) is 8.92. The molecule has 2 aromatic rings. The van der Waals surface area contributed by atoms with Gasteiger partial charge >= 0.3 is 0 Å². The second-order valence-corrected chi connectivity index (χ2v) is 7.45. The van der Waals surface area contributed by atoms with Crippen LogP contribution >= 0.6 is 11.3 Å². The summed E-state index contributed by atoms with van der Waals surface area (Å²) in [5, 5.41) is 10.2. The molecule has 0 saturated heterocycles. The third-order valence-corrected chi connectivity index (χ3v) is 5.35. The zero-order valence-electron chi connectivity index (χ0n) is 16.1. The number of nitrogens with zero attached hydrogens (tertiary/aromatic N) is 3. The summed E-state index contributed by atoms with van der Waals surface area (Å²) < 4.78 is 0. The van der Waals surface area contributed by atoms with E-state index in [1.807, 2.05) is 54.0 Å². The number of amides is 1. The third-order valence-electron chi connectivity index (χ3n) is 4.62. The number of rotatable bonds is 3. The fourth-order valence-electron chi connectivity index (χ4n) is 3.00. The van der Waals surface area contributed by atoms with Gasteiger partial charge in [-0.25, -0.2) is 10.8 Å². The average molecular weight is 404 g/mol. The fourth-order valence-corrected chi connectivity index (χ4v) is 3.67. The summed E-state index contributed by atoms with van der Waals surface area (Å²) in [6.45, 7) is 2.48. The number of thiophene rings is 1. The van der Waals surface area contributed by atoms with Gasteiger partial charge in [0.25, 0.3) is 5.91 Å². The number of benzene rings is 1. The summed E-state index contributed by atoms with van der Waals surface area (Å²) in [6.07, 6.45) is 3.26. The van der Waals surface area contributed by atoms with Gasteiger partial charge in [0.05, 0.1) is 6.20 Å². The molecule has 0 aliphatic carbocycles. The first kappa shape index (κ1) is 18.8. The van der Waals surface area contributed by atoms with E-state index in [-0.39, 0.29) is 5.91 Å². The minimum atomic E-state index is -0.123. The van der Waals surface area contributed by atoms with Gasteiger partial charge in [0.1, 0.15) is 23.4 Å². The van der Waals surface area contributed by atoms with Crippen LogP contribution in [0.3, 0.4) is 0 Å². The minimum Gasteiger partial charge on any atom is -0.348 e. The lowest BCUT2D eigenvalue weighted by Gasteiger charge is -2.20. The summed E-state index contributed by atoms with van der Waals surface area (Å²) in [7, 11) is 1.87. The number of carbonyl (C=O) groups is 1. The first-order chi connectivity index (χ1) is 14.0. The van der Waals surface area contributed by atoms with Gasteiger partial charge in [-0.15, -0.1) is 0 Å². The third kappa shape index (κ3) is 3.87. The van der Waals surface area contributed by atoms with E-state index in [2.05, 4.69) is 27.6 Å². The van der Waals surface area contributed by atoms with Gasteiger partial charge in [0, 0.05) is 24.7 Å². The van der Waals surface area contributed by atoms with Crippen molar-refractivity contribution in [2.24, 2.45) is 10.8 Å². The molecule has 4 rings (SSSR count). The predicted octanol–water partition coefficient (Wildman–Crippen LogP) is 2.06. The lowest BCUT2D eigenvalue weighted by atomic mass is 10.0. The van der Waals surface area contributed by atoms with E-state index in [1.54, 1.807) is 17.5 Å². The fraction of sp³-hybridized carbons (Fsp3) is 0.143. The SMILES string of the molecule is Cc1ccc(C(=O)NCc2ccsc2)cc1C#CC1=C2C(=CN=CN2N)N(C)N1. The molecule has 1 amide bonds. The number of hydrogen-bond donors (Lipinski definition) is 3. The normalized spacial score (nSPS) is 14.8. The molecule has 4 N–H and O–H groups in total. The Hall–Kier alpha value is -3.54. The van der Waals surface area contributed by atoms with Gasteiger partial charge in [0.2, 0.25) is 0 Å². The highest BCUT2D eigenvalue weighted by Crippen LogP contribution is 2.26. The summed E-state index contributed by atoms with van der Waals surface area (Å²) >= 11 is 1.61. The number of hydrazine groups is 2. The van der Waals surface area contributed by atoms with E-state index < -0.39 is 0 Å². The molecule has 2 aliphatic rings. The van der Waals surface area contributed by atoms with Crippen LogP contribution in [0.15, 0.2) is 63.3 Å². The van der Waals surface area contributed by atoms with Crippen LogP contribution < -0.4 is 16.6 Å². The van der Waals surface area contributed by atoms with Crippen molar-refractivity contribution in [1.29, 1.82) is 0 Å². The highest BCUT2D eigenvalue weighted by Gasteiger charge is 2.28. The van der Waals surface area contributed by atoms with E-state index >= 15 is 0 Å². The van der Waals surface area contributed by atoms with Crippen molar-refractivity contribution in [1.82, 2.24) is 20.8 Å². The molecule has 8 heteroatoms. The number of allylic oxidation sites excluding steroid dienone is 1. The van der Waals surface area contributed by atoms with E-state index in [9.17, 15) is 4.79 Å². The van der Waals surface area contributed by atoms with Crippen LogP contribution in [0.5, 0.6) is 0 Å². The number of nitrogens with two attached hydrogens (primary N) is 1. The zero-order chi connectivity index (χ0) is 20.4. The average Bonchev–Trinajstić information content (AvgIpc) is 3.34. The smallest absolute Gasteiger partial charge is 0.251 e. The number of nitrogens with one attached hydrogen (secondary N) is 2. The molecule has 7 nitrogen and oxygen atoms in total. The molecule has 1 aromatic carbocycles. The molecule has 0 unspecified atom stereocenters. The first-order valence-corrected chi connectivity index (χ1v) is 9.91. The minimum absolute atomic E-state index is 0.123. The maximum absolute atomic E-state index is 12.5. The molecule has 29 heavy (non-hydrogen) atoms. The van der Waals surface area contributed by atoms with E-state index in [0.717, 1.165) is 28.1 Å². The molecule has 1 aromatic heterocycles. The Bertz CT molecular complexity index is 1100. The Kier molecular flexibility index (Phi) is 5.08. The molecule has 0 atom stereocenters. The molecular formula is C21H20N6OS. The topological polar surface area (TPSA) is 86.0 Å². The second kappa shape index (κ2) is 7.83. The number of aliphatic imine (C=N–C) groups is 1. The maximum atomic E-state index is 12.5. The van der Waals surface area contributed by atoms with E-state index in [0.29, 0.717) is 17.8 Å². The van der Waals surface area contributed by atoms with Crippen LogP contribution in [0.2, 0.25) is 0 Å². The number of aryl methyl sites for hydroxylation is 1. The van der Waals surface area contributed by atoms with Gasteiger partial charge < -0.3 is 5.32 Å². The highest BCUT2D eigenvalue weighted by atomic mass is 32.1. The van der Waals surface area contributed by atoms with Crippen molar-refractivity contribution in [3.8, 4) is 11.8 Å². The van der Waals surface area contributed by atoms with Crippen molar-refractivity contribution in [2.45, 2.75) is 13.5 Å². The highest BCUT2D eigenvalue weighted by molar-refractivity contribution is 7.07. The standard InChI is InChI=1S/C21H20N6OS/c1-14-3-4-17(21(28)24-10-15-7-8-29-12-15)9-16(14)5-6-18-20-19(26(2)25-18)11-23-13-27(20)22/h3-4,7-9,11-13,25H,10,22H2,1-2H3,(H,24,28). The van der Waals surface area contributed by atoms with Crippen LogP contribution in [0.1, 0.15) is 27.0 Å². The molecule has 0 bridgehead atoms. The number of carbonyl (C=O) groups excluding carboxylic acids is 1. The van der Waals surface area contributed by atoms with E-state index in [1.165, 1.54) is 11.3 Å². The van der Waals surface area contributed by atoms with Crippen LogP contribution in [0, 0.1) is 18.8 Å². The summed E-state index contributed by atoms with van der Waals surface area (Å²) in [6, 6.07) is 7.53. The van der Waals surface area contributed by atoms with Crippen molar-refractivity contribution in [3.05, 3.63) is 80.6 Å². The molecule has 3 heterocycles. The zero-order valence-corrected chi connectivity index (χ0v) is 16.9. The summed E-state index contributed by atoms with van der Waals surface area (Å²) in [4.78, 5) is 16.6. The van der Waals surface area contributed by atoms with Crippen LogP contribution in [0.4, 0.5) is 0 Å². The monoisotopic (exact) mass is 404 g/mol. The van der Waals surface area contributed by atoms with Crippen LogP contribution in [0.25, 0.3) is 0 Å². The Morgan fingerprint density at radius 1 is 1.34 bits per heavy atom. The van der Waals surface area contributed by atoms with Gasteiger partial charge in [-0.3, -0.25) is 20.2 Å². The molecule has 0 fully saturated rings. The molecule has 0 radical (unpaired) electrons. The Morgan fingerprint density at radius 3 is 3.00 bits per heavy atom. The Labute approximate surface area is 173 Å². The molecule has 0 spiro atoms. The van der Waals surface area contributed by atoms with Crippen molar-refractivity contribution >= 4 is 23.6 Å². The van der Waals surface area contributed by atoms with Crippen molar-refractivity contribution in [3.63, 3.8) is 0 Å². The van der Waals surface area contributed by atoms with E-state index in [4.69, 9.17) is 5.84 Å². The number of hydrogen-bond acceptors (Lipinski definition) is 7. The largest absolute Gasteiger partial charge is 0.348 e. The maximum Gasteiger partial charge on any atom is 0.251 e. The van der Waals surface area contributed by atoms with Gasteiger partial charge in [0.15, 0.2) is 0 Å². The number of fused-ring (bicyclic) bond motifs is 1. The van der Waals surface area contributed by atoms with Crippen molar-refractivity contribution in [2.75, 3.05) is 7.05 Å². The first-order valence-electron chi connectivity index (χ1n) is 8.97. The molecule has 146 valence electrons. The molecule has 2 aliphatic heterocycles. The number of likely N-dealkylation sites (N-methyl/N-ethyl adjacent to an activating group) is 1.